The Morgan fingerprint density at radius 3 is 2.60 bits per heavy atom. The molecule has 1 fully saturated rings. The van der Waals surface area contributed by atoms with Crippen molar-refractivity contribution in [3.8, 4) is 0 Å². The first-order valence-corrected chi connectivity index (χ1v) is 7.48. The standard InChI is InChI=1S/C17H26N2O/c1-3-11-8-12(4-2)17(20)14(9-11)10-13-6-5-7-15(18)16(13)19/h3-4,9-10,15-17,20H,5-8,18-19H2,1-2H3. The molecule has 0 aromatic rings. The molecule has 20 heavy (non-hydrogen) atoms. The average Bonchev–Trinajstić information content (AvgIpc) is 2.45. The van der Waals surface area contributed by atoms with Crippen molar-refractivity contribution in [2.45, 2.75) is 57.7 Å². The number of hydrogen-bond donors (Lipinski definition) is 3. The third-order valence-electron chi connectivity index (χ3n) is 4.41. The van der Waals surface area contributed by atoms with Crippen LogP contribution in [0.4, 0.5) is 0 Å². The van der Waals surface area contributed by atoms with Crippen LogP contribution in [0.5, 0.6) is 0 Å². The summed E-state index contributed by atoms with van der Waals surface area (Å²) in [5.41, 5.74) is 16.6. The van der Waals surface area contributed by atoms with Gasteiger partial charge in [0, 0.05) is 12.1 Å². The molecule has 0 amide bonds. The Morgan fingerprint density at radius 1 is 1.20 bits per heavy atom. The van der Waals surface area contributed by atoms with Crippen molar-refractivity contribution in [2.75, 3.05) is 0 Å². The fourth-order valence-electron chi connectivity index (χ4n) is 3.00. The van der Waals surface area contributed by atoms with Gasteiger partial charge >= 0.3 is 0 Å². The molecule has 3 nitrogen and oxygen atoms in total. The zero-order valence-electron chi connectivity index (χ0n) is 12.5. The van der Waals surface area contributed by atoms with Gasteiger partial charge in [-0.2, -0.15) is 0 Å². The molecule has 5 N–H and O–H groups in total. The van der Waals surface area contributed by atoms with Crippen molar-refractivity contribution >= 4 is 0 Å². The quantitative estimate of drug-likeness (QED) is 0.643. The van der Waals surface area contributed by atoms with Crippen LogP contribution in [0.25, 0.3) is 0 Å². The van der Waals surface area contributed by atoms with E-state index in [-0.39, 0.29) is 12.1 Å². The van der Waals surface area contributed by atoms with Gasteiger partial charge in [-0.05, 0) is 56.3 Å². The Bertz CT molecular complexity index is 485. The minimum Gasteiger partial charge on any atom is -0.384 e. The highest BCUT2D eigenvalue weighted by atomic mass is 16.3. The smallest absolute Gasteiger partial charge is 0.100 e. The van der Waals surface area contributed by atoms with Crippen LogP contribution in [0.15, 0.2) is 46.6 Å². The number of rotatable bonds is 1. The van der Waals surface area contributed by atoms with Gasteiger partial charge < -0.3 is 16.6 Å². The first-order valence-electron chi connectivity index (χ1n) is 7.48. The fraction of sp³-hybridized carbons (Fsp3) is 0.529. The van der Waals surface area contributed by atoms with Crippen molar-refractivity contribution in [3.63, 3.8) is 0 Å². The van der Waals surface area contributed by atoms with Gasteiger partial charge in [-0.1, -0.05) is 29.9 Å². The summed E-state index contributed by atoms with van der Waals surface area (Å²) in [6, 6.07) is -0.0411. The second-order valence-electron chi connectivity index (χ2n) is 5.75. The molecular formula is C17H26N2O. The zero-order chi connectivity index (χ0) is 14.7. The van der Waals surface area contributed by atoms with Gasteiger partial charge in [0.1, 0.15) is 6.10 Å². The second kappa shape index (κ2) is 6.53. The normalized spacial score (nSPS) is 37.5. The molecule has 3 unspecified atom stereocenters. The molecule has 0 aromatic carbocycles. The van der Waals surface area contributed by atoms with Crippen LogP contribution in [0.2, 0.25) is 0 Å². The molecule has 2 aliphatic carbocycles. The lowest BCUT2D eigenvalue weighted by Crippen LogP contribution is -2.45. The molecule has 0 aliphatic heterocycles. The summed E-state index contributed by atoms with van der Waals surface area (Å²) >= 11 is 0. The number of hydrogen-bond acceptors (Lipinski definition) is 3. The molecule has 0 heterocycles. The van der Waals surface area contributed by atoms with E-state index in [0.717, 1.165) is 36.8 Å². The maximum atomic E-state index is 10.4. The Hall–Kier alpha value is -1.16. The molecule has 110 valence electrons. The SMILES string of the molecule is CC=C1C=C(C=C2CCCC(N)C2N)C(O)C(=CC)C1. The summed E-state index contributed by atoms with van der Waals surface area (Å²) in [5.74, 6) is 0. The number of aliphatic hydroxyl groups excluding tert-OH is 1. The van der Waals surface area contributed by atoms with Gasteiger partial charge in [-0.25, -0.2) is 0 Å². The number of allylic oxidation sites excluding steroid dienone is 4. The molecule has 3 atom stereocenters. The van der Waals surface area contributed by atoms with Gasteiger partial charge in [-0.3, -0.25) is 0 Å². The van der Waals surface area contributed by atoms with Crippen LogP contribution in [0.1, 0.15) is 39.5 Å². The summed E-state index contributed by atoms with van der Waals surface area (Å²) in [6.45, 7) is 4.01. The van der Waals surface area contributed by atoms with E-state index in [1.54, 1.807) is 0 Å². The van der Waals surface area contributed by atoms with E-state index in [0.29, 0.717) is 0 Å². The number of nitrogens with two attached hydrogens (primary N) is 2. The van der Waals surface area contributed by atoms with Crippen LogP contribution < -0.4 is 11.5 Å². The molecule has 0 saturated heterocycles. The minimum absolute atomic E-state index is 0.0405. The van der Waals surface area contributed by atoms with E-state index in [1.807, 2.05) is 19.9 Å². The van der Waals surface area contributed by atoms with Crippen molar-refractivity contribution in [1.29, 1.82) is 0 Å². The Labute approximate surface area is 121 Å². The molecule has 0 aromatic heterocycles. The van der Waals surface area contributed by atoms with Gasteiger partial charge in [0.25, 0.3) is 0 Å². The van der Waals surface area contributed by atoms with Crippen molar-refractivity contribution < 1.29 is 5.11 Å². The lowest BCUT2D eigenvalue weighted by molar-refractivity contribution is 0.244. The third kappa shape index (κ3) is 3.11. The van der Waals surface area contributed by atoms with E-state index < -0.39 is 6.10 Å². The van der Waals surface area contributed by atoms with E-state index in [1.165, 1.54) is 11.1 Å². The zero-order valence-corrected chi connectivity index (χ0v) is 12.5. The summed E-state index contributed by atoms with van der Waals surface area (Å²) in [7, 11) is 0. The predicted octanol–water partition coefficient (Wildman–Crippen LogP) is 2.33. The molecule has 0 bridgehead atoms. The maximum Gasteiger partial charge on any atom is 0.100 e. The Kier molecular flexibility index (Phi) is 4.97. The van der Waals surface area contributed by atoms with Crippen molar-refractivity contribution in [3.05, 3.63) is 46.6 Å². The summed E-state index contributed by atoms with van der Waals surface area (Å²) in [6.07, 6.45) is 11.6. The summed E-state index contributed by atoms with van der Waals surface area (Å²) in [4.78, 5) is 0. The van der Waals surface area contributed by atoms with Crippen LogP contribution in [0.3, 0.4) is 0 Å². The first kappa shape index (κ1) is 15.2. The molecule has 1 saturated carbocycles. The van der Waals surface area contributed by atoms with Gasteiger partial charge in [0.05, 0.1) is 0 Å². The summed E-state index contributed by atoms with van der Waals surface area (Å²) in [5, 5.41) is 10.4. The molecule has 0 radical (unpaired) electrons. The van der Waals surface area contributed by atoms with Crippen molar-refractivity contribution in [2.24, 2.45) is 11.5 Å². The van der Waals surface area contributed by atoms with E-state index >= 15 is 0 Å². The highest BCUT2D eigenvalue weighted by Crippen LogP contribution is 2.31. The lowest BCUT2D eigenvalue weighted by atomic mass is 9.82. The van der Waals surface area contributed by atoms with Gasteiger partial charge in [0.2, 0.25) is 0 Å². The molecular weight excluding hydrogens is 248 g/mol. The van der Waals surface area contributed by atoms with Crippen LogP contribution >= 0.6 is 0 Å². The van der Waals surface area contributed by atoms with Crippen molar-refractivity contribution in [1.82, 2.24) is 0 Å². The predicted molar refractivity (Wildman–Crippen MR) is 84.1 cm³/mol. The molecule has 3 heteroatoms. The molecule has 0 spiro atoms. The van der Waals surface area contributed by atoms with Crippen LogP contribution in [-0.2, 0) is 0 Å². The first-order chi connectivity index (χ1) is 9.56. The van der Waals surface area contributed by atoms with E-state index in [4.69, 9.17) is 11.5 Å². The largest absolute Gasteiger partial charge is 0.384 e. The second-order valence-corrected chi connectivity index (χ2v) is 5.75. The van der Waals surface area contributed by atoms with Crippen LogP contribution in [0, 0.1) is 0 Å². The third-order valence-corrected chi connectivity index (χ3v) is 4.41. The molecule has 2 aliphatic rings. The fourth-order valence-corrected chi connectivity index (χ4v) is 3.00. The van der Waals surface area contributed by atoms with E-state index in [9.17, 15) is 5.11 Å². The van der Waals surface area contributed by atoms with E-state index in [2.05, 4.69) is 18.2 Å². The topological polar surface area (TPSA) is 72.3 Å². The highest BCUT2D eigenvalue weighted by molar-refractivity contribution is 5.46. The van der Waals surface area contributed by atoms with Gasteiger partial charge in [-0.15, -0.1) is 0 Å². The molecule has 2 rings (SSSR count). The van der Waals surface area contributed by atoms with Crippen LogP contribution in [-0.4, -0.2) is 23.3 Å². The van der Waals surface area contributed by atoms with Gasteiger partial charge in [0.15, 0.2) is 0 Å². The minimum atomic E-state index is -0.512. The monoisotopic (exact) mass is 274 g/mol. The Morgan fingerprint density at radius 2 is 1.95 bits per heavy atom. The maximum absolute atomic E-state index is 10.4. The number of aliphatic hydroxyl groups is 1. The lowest BCUT2D eigenvalue weighted by Gasteiger charge is -2.30. The Balaban J connectivity index is 2.32. The highest BCUT2D eigenvalue weighted by Gasteiger charge is 2.25. The summed E-state index contributed by atoms with van der Waals surface area (Å²) < 4.78 is 0. The average molecular weight is 274 g/mol.